The van der Waals surface area contributed by atoms with Gasteiger partial charge in [-0.2, -0.15) is 0 Å². The highest BCUT2D eigenvalue weighted by atomic mass is 32.1. The van der Waals surface area contributed by atoms with Gasteiger partial charge in [0.1, 0.15) is 0 Å². The van der Waals surface area contributed by atoms with E-state index in [1.54, 1.807) is 0 Å². The normalized spacial score (nSPS) is 29.4. The summed E-state index contributed by atoms with van der Waals surface area (Å²) >= 11 is 5.23. The van der Waals surface area contributed by atoms with Crippen molar-refractivity contribution in [2.45, 2.75) is 59.4 Å². The maximum Gasteiger partial charge on any atom is 0.0748 e. The Hall–Kier alpha value is -0.150. The molecule has 1 heterocycles. The van der Waals surface area contributed by atoms with Gasteiger partial charge >= 0.3 is 0 Å². The number of thiocarbonyl (C=S) groups is 1. The van der Waals surface area contributed by atoms with Crippen molar-refractivity contribution >= 4 is 17.2 Å². The zero-order valence-corrected chi connectivity index (χ0v) is 13.4. The molecule has 3 heteroatoms. The molecule has 2 nitrogen and oxygen atoms in total. The monoisotopic (exact) mass is 270 g/mol. The molecule has 2 aliphatic rings. The SMILES string of the molecule is CC.CC(=S)N1CCN(C2CCC(C)CC2)CC1. The molecule has 0 atom stereocenters. The van der Waals surface area contributed by atoms with Crippen LogP contribution in [0.3, 0.4) is 0 Å². The molecule has 0 aromatic rings. The maximum atomic E-state index is 5.23. The van der Waals surface area contributed by atoms with Gasteiger partial charge in [-0.25, -0.2) is 0 Å². The zero-order valence-electron chi connectivity index (χ0n) is 12.6. The summed E-state index contributed by atoms with van der Waals surface area (Å²) in [5.74, 6) is 0.959. The van der Waals surface area contributed by atoms with E-state index in [9.17, 15) is 0 Å². The molecular formula is C15H30N2S. The summed E-state index contributed by atoms with van der Waals surface area (Å²) in [6.07, 6.45) is 5.68. The Morgan fingerprint density at radius 3 is 1.89 bits per heavy atom. The second-order valence-electron chi connectivity index (χ2n) is 5.46. The number of rotatable bonds is 1. The van der Waals surface area contributed by atoms with E-state index in [0.29, 0.717) is 0 Å². The van der Waals surface area contributed by atoms with Crippen LogP contribution >= 0.6 is 12.2 Å². The van der Waals surface area contributed by atoms with Gasteiger partial charge in [-0.3, -0.25) is 4.90 Å². The molecule has 0 unspecified atom stereocenters. The van der Waals surface area contributed by atoms with Crippen LogP contribution in [-0.2, 0) is 0 Å². The largest absolute Gasteiger partial charge is 0.364 e. The standard InChI is InChI=1S/C13H24N2S.C2H6/c1-11-3-5-13(6-4-11)15-9-7-14(8-10-15)12(2)16;1-2/h11,13H,3-10H2,1-2H3;1-2H3. The van der Waals surface area contributed by atoms with Crippen molar-refractivity contribution in [1.82, 2.24) is 9.80 Å². The van der Waals surface area contributed by atoms with Crippen molar-refractivity contribution in [3.05, 3.63) is 0 Å². The van der Waals surface area contributed by atoms with Gasteiger partial charge in [-0.05, 0) is 38.5 Å². The van der Waals surface area contributed by atoms with Crippen LogP contribution in [0.15, 0.2) is 0 Å². The Balaban J connectivity index is 0.000000771. The Labute approximate surface area is 119 Å². The van der Waals surface area contributed by atoms with E-state index in [1.807, 2.05) is 20.8 Å². The van der Waals surface area contributed by atoms with E-state index in [4.69, 9.17) is 12.2 Å². The topological polar surface area (TPSA) is 6.48 Å². The van der Waals surface area contributed by atoms with Gasteiger partial charge in [0.05, 0.1) is 4.99 Å². The maximum absolute atomic E-state index is 5.23. The molecule has 0 spiro atoms. The molecule has 1 saturated heterocycles. The Bertz CT molecular complexity index is 239. The summed E-state index contributed by atoms with van der Waals surface area (Å²) in [6, 6.07) is 0.865. The smallest absolute Gasteiger partial charge is 0.0748 e. The molecule has 1 saturated carbocycles. The first-order valence-corrected chi connectivity index (χ1v) is 8.07. The van der Waals surface area contributed by atoms with E-state index >= 15 is 0 Å². The van der Waals surface area contributed by atoms with Crippen molar-refractivity contribution < 1.29 is 0 Å². The molecule has 0 aromatic carbocycles. The molecular weight excluding hydrogens is 240 g/mol. The Morgan fingerprint density at radius 2 is 1.44 bits per heavy atom. The molecule has 18 heavy (non-hydrogen) atoms. The molecule has 0 aromatic heterocycles. The lowest BCUT2D eigenvalue weighted by molar-refractivity contribution is 0.0979. The third kappa shape index (κ3) is 4.51. The van der Waals surface area contributed by atoms with Crippen LogP contribution in [0.2, 0.25) is 0 Å². The third-order valence-corrected chi connectivity index (χ3v) is 4.52. The van der Waals surface area contributed by atoms with Crippen LogP contribution < -0.4 is 0 Å². The first-order chi connectivity index (χ1) is 8.66. The number of piperazine rings is 1. The molecule has 0 N–H and O–H groups in total. The lowest BCUT2D eigenvalue weighted by atomic mass is 9.86. The van der Waals surface area contributed by atoms with Crippen molar-refractivity contribution in [1.29, 1.82) is 0 Å². The van der Waals surface area contributed by atoms with Gasteiger partial charge in [0, 0.05) is 32.2 Å². The fraction of sp³-hybridized carbons (Fsp3) is 0.933. The molecule has 0 bridgehead atoms. The minimum Gasteiger partial charge on any atom is -0.364 e. The van der Waals surface area contributed by atoms with Gasteiger partial charge in [0.2, 0.25) is 0 Å². The first kappa shape index (κ1) is 15.9. The highest BCUT2D eigenvalue weighted by molar-refractivity contribution is 7.80. The van der Waals surface area contributed by atoms with E-state index in [2.05, 4.69) is 16.7 Å². The van der Waals surface area contributed by atoms with Crippen molar-refractivity contribution in [3.63, 3.8) is 0 Å². The third-order valence-electron chi connectivity index (χ3n) is 4.26. The van der Waals surface area contributed by atoms with Gasteiger partial charge in [-0.1, -0.05) is 33.0 Å². The number of hydrogen-bond acceptors (Lipinski definition) is 2. The van der Waals surface area contributed by atoms with Crippen LogP contribution in [0.4, 0.5) is 0 Å². The predicted molar refractivity (Wildman–Crippen MR) is 84.2 cm³/mol. The van der Waals surface area contributed by atoms with E-state index < -0.39 is 0 Å². The molecule has 1 aliphatic carbocycles. The van der Waals surface area contributed by atoms with E-state index in [0.717, 1.165) is 30.0 Å². The molecule has 1 aliphatic heterocycles. The number of hydrogen-bond donors (Lipinski definition) is 0. The van der Waals surface area contributed by atoms with Gasteiger partial charge in [0.25, 0.3) is 0 Å². The van der Waals surface area contributed by atoms with Crippen LogP contribution in [0.5, 0.6) is 0 Å². The van der Waals surface area contributed by atoms with Gasteiger partial charge < -0.3 is 4.90 Å². The quantitative estimate of drug-likeness (QED) is 0.673. The summed E-state index contributed by atoms with van der Waals surface area (Å²) < 4.78 is 0. The molecule has 0 radical (unpaired) electrons. The van der Waals surface area contributed by atoms with Crippen LogP contribution in [-0.4, -0.2) is 47.0 Å². The Kier molecular flexibility index (Phi) is 7.16. The highest BCUT2D eigenvalue weighted by Gasteiger charge is 2.26. The summed E-state index contributed by atoms with van der Waals surface area (Å²) in [6.45, 7) is 13.2. The first-order valence-electron chi connectivity index (χ1n) is 7.66. The van der Waals surface area contributed by atoms with Crippen molar-refractivity contribution in [2.24, 2.45) is 5.92 Å². The average Bonchev–Trinajstić information content (AvgIpc) is 2.42. The minimum absolute atomic E-state index is 0.865. The molecule has 2 rings (SSSR count). The second kappa shape index (κ2) is 8.11. The van der Waals surface area contributed by atoms with Crippen LogP contribution in [0, 0.1) is 5.92 Å². The van der Waals surface area contributed by atoms with E-state index in [1.165, 1.54) is 38.8 Å². The summed E-state index contributed by atoms with van der Waals surface area (Å²) in [5.41, 5.74) is 0. The fourth-order valence-corrected chi connectivity index (χ4v) is 3.19. The molecule has 106 valence electrons. The summed E-state index contributed by atoms with van der Waals surface area (Å²) in [7, 11) is 0. The average molecular weight is 270 g/mol. The minimum atomic E-state index is 0.865. The van der Waals surface area contributed by atoms with Crippen LogP contribution in [0.25, 0.3) is 0 Å². The lowest BCUT2D eigenvalue weighted by Gasteiger charge is -2.42. The fourth-order valence-electron chi connectivity index (χ4n) is 3.01. The number of nitrogens with zero attached hydrogens (tertiary/aromatic N) is 2. The lowest BCUT2D eigenvalue weighted by Crippen LogP contribution is -2.51. The second-order valence-corrected chi connectivity index (χ2v) is 6.05. The molecule has 2 fully saturated rings. The summed E-state index contributed by atoms with van der Waals surface area (Å²) in [4.78, 5) is 6.11. The molecule has 0 amide bonds. The summed E-state index contributed by atoms with van der Waals surface area (Å²) in [5, 5.41) is 0. The Morgan fingerprint density at radius 1 is 0.944 bits per heavy atom. The van der Waals surface area contributed by atoms with Crippen LogP contribution in [0.1, 0.15) is 53.4 Å². The zero-order chi connectivity index (χ0) is 13.5. The highest BCUT2D eigenvalue weighted by Crippen LogP contribution is 2.27. The van der Waals surface area contributed by atoms with Gasteiger partial charge in [-0.15, -0.1) is 0 Å². The van der Waals surface area contributed by atoms with Gasteiger partial charge in [0.15, 0.2) is 0 Å². The van der Waals surface area contributed by atoms with Crippen molar-refractivity contribution in [3.8, 4) is 0 Å². The van der Waals surface area contributed by atoms with Crippen molar-refractivity contribution in [2.75, 3.05) is 26.2 Å². The predicted octanol–water partition coefficient (Wildman–Crippen LogP) is 3.56. The van der Waals surface area contributed by atoms with E-state index in [-0.39, 0.29) is 0 Å².